The molecule has 4 heteroatoms. The summed E-state index contributed by atoms with van der Waals surface area (Å²) in [6.45, 7) is 2.57. The van der Waals surface area contributed by atoms with Gasteiger partial charge in [-0.2, -0.15) is 0 Å². The molecule has 0 N–H and O–H groups in total. The summed E-state index contributed by atoms with van der Waals surface area (Å²) in [6.07, 6.45) is 5.59. The first-order valence-corrected chi connectivity index (χ1v) is 7.08. The largest absolute Gasteiger partial charge is 0.384 e. The molecule has 0 bridgehead atoms. The van der Waals surface area contributed by atoms with Gasteiger partial charge in [0, 0.05) is 38.4 Å². The van der Waals surface area contributed by atoms with Gasteiger partial charge in [0.2, 0.25) is 5.91 Å². The Morgan fingerprint density at radius 2 is 2.18 bits per heavy atom. The van der Waals surface area contributed by atoms with Crippen molar-refractivity contribution >= 4 is 17.5 Å². The minimum absolute atomic E-state index is 0.213. The molecule has 1 aliphatic carbocycles. The number of carbonyl (C=O) groups excluding carboxylic acids is 1. The number of ether oxygens (including phenoxy) is 1. The Hall–Kier alpha value is -0.280. The van der Waals surface area contributed by atoms with E-state index in [4.69, 9.17) is 16.3 Å². The molecular formula is C13H22ClNO2. The van der Waals surface area contributed by atoms with Crippen LogP contribution in [0.1, 0.15) is 32.1 Å². The van der Waals surface area contributed by atoms with Crippen LogP contribution in [0.15, 0.2) is 0 Å². The van der Waals surface area contributed by atoms with E-state index in [1.54, 1.807) is 7.11 Å². The molecule has 0 aromatic rings. The zero-order chi connectivity index (χ0) is 12.3. The Labute approximate surface area is 108 Å². The molecule has 0 aromatic heterocycles. The standard InChI is InChI=1S/C13H22ClNO2/c1-17-9-11-8-15(12(16)4-7-14)10-13(11)5-2-3-6-13/h11H,2-10H2,1H3. The molecule has 98 valence electrons. The van der Waals surface area contributed by atoms with Gasteiger partial charge >= 0.3 is 0 Å². The average molecular weight is 260 g/mol. The molecular weight excluding hydrogens is 238 g/mol. The van der Waals surface area contributed by atoms with Gasteiger partial charge in [-0.3, -0.25) is 4.79 Å². The predicted octanol–water partition coefficient (Wildman–Crippen LogP) is 2.28. The molecule has 0 aromatic carbocycles. The van der Waals surface area contributed by atoms with E-state index in [0.29, 0.717) is 23.6 Å². The van der Waals surface area contributed by atoms with Crippen LogP contribution < -0.4 is 0 Å². The quantitative estimate of drug-likeness (QED) is 0.725. The molecule has 2 fully saturated rings. The fraction of sp³-hybridized carbons (Fsp3) is 0.923. The Bertz CT molecular complexity index is 277. The summed E-state index contributed by atoms with van der Waals surface area (Å²) in [4.78, 5) is 13.9. The second-order valence-corrected chi connectivity index (χ2v) is 5.81. The summed E-state index contributed by atoms with van der Waals surface area (Å²) in [7, 11) is 1.76. The van der Waals surface area contributed by atoms with Crippen molar-refractivity contribution in [2.45, 2.75) is 32.1 Å². The van der Waals surface area contributed by atoms with Crippen LogP contribution in [0.2, 0.25) is 0 Å². The van der Waals surface area contributed by atoms with Crippen molar-refractivity contribution in [3.63, 3.8) is 0 Å². The number of hydrogen-bond acceptors (Lipinski definition) is 2. The van der Waals surface area contributed by atoms with Crippen LogP contribution in [-0.2, 0) is 9.53 Å². The SMILES string of the molecule is COCC1CN(C(=O)CCCl)CC12CCCC2. The number of amides is 1. The number of carbonyl (C=O) groups is 1. The van der Waals surface area contributed by atoms with Gasteiger partial charge in [0.05, 0.1) is 6.61 Å². The van der Waals surface area contributed by atoms with Gasteiger partial charge in [-0.05, 0) is 18.3 Å². The molecule has 0 radical (unpaired) electrons. The molecule has 1 unspecified atom stereocenters. The van der Waals surface area contributed by atoms with Gasteiger partial charge in [-0.15, -0.1) is 11.6 Å². The van der Waals surface area contributed by atoms with Gasteiger partial charge in [-0.1, -0.05) is 12.8 Å². The third kappa shape index (κ3) is 2.60. The molecule has 17 heavy (non-hydrogen) atoms. The molecule has 1 spiro atoms. The van der Waals surface area contributed by atoms with Gasteiger partial charge < -0.3 is 9.64 Å². The molecule has 1 amide bonds. The van der Waals surface area contributed by atoms with E-state index < -0.39 is 0 Å². The summed E-state index contributed by atoms with van der Waals surface area (Å²) in [5.74, 6) is 1.16. The van der Waals surface area contributed by atoms with E-state index in [9.17, 15) is 4.79 Å². The molecule has 3 nitrogen and oxygen atoms in total. The van der Waals surface area contributed by atoms with Crippen molar-refractivity contribution in [1.29, 1.82) is 0 Å². The highest BCUT2D eigenvalue weighted by molar-refractivity contribution is 6.18. The highest BCUT2D eigenvalue weighted by Crippen LogP contribution is 2.49. The Balaban J connectivity index is 2.03. The number of halogens is 1. The fourth-order valence-electron chi connectivity index (χ4n) is 3.54. The maximum Gasteiger partial charge on any atom is 0.223 e. The monoisotopic (exact) mass is 259 g/mol. The molecule has 1 aliphatic heterocycles. The average Bonchev–Trinajstić information content (AvgIpc) is 2.90. The van der Waals surface area contributed by atoms with Gasteiger partial charge in [0.15, 0.2) is 0 Å². The number of alkyl halides is 1. The maximum absolute atomic E-state index is 11.9. The molecule has 1 atom stereocenters. The van der Waals surface area contributed by atoms with Crippen molar-refractivity contribution in [2.75, 3.05) is 32.7 Å². The molecule has 1 saturated carbocycles. The number of likely N-dealkylation sites (tertiary alicyclic amines) is 1. The van der Waals surface area contributed by atoms with Crippen LogP contribution in [0.4, 0.5) is 0 Å². The lowest BCUT2D eigenvalue weighted by Gasteiger charge is -2.29. The minimum Gasteiger partial charge on any atom is -0.384 e. The van der Waals surface area contributed by atoms with Crippen molar-refractivity contribution < 1.29 is 9.53 Å². The summed E-state index contributed by atoms with van der Waals surface area (Å²) >= 11 is 5.65. The van der Waals surface area contributed by atoms with Gasteiger partial charge in [-0.25, -0.2) is 0 Å². The number of methoxy groups -OCH3 is 1. The van der Waals surface area contributed by atoms with E-state index in [1.807, 2.05) is 4.90 Å². The van der Waals surface area contributed by atoms with Crippen LogP contribution in [0.3, 0.4) is 0 Å². The van der Waals surface area contributed by atoms with E-state index in [1.165, 1.54) is 25.7 Å². The Morgan fingerprint density at radius 1 is 1.47 bits per heavy atom. The zero-order valence-electron chi connectivity index (χ0n) is 10.6. The summed E-state index contributed by atoms with van der Waals surface area (Å²) in [5, 5.41) is 0. The smallest absolute Gasteiger partial charge is 0.223 e. The third-order valence-electron chi connectivity index (χ3n) is 4.44. The number of nitrogens with zero attached hydrogens (tertiary/aromatic N) is 1. The van der Waals surface area contributed by atoms with E-state index in [0.717, 1.165) is 19.7 Å². The highest BCUT2D eigenvalue weighted by atomic mass is 35.5. The first-order valence-electron chi connectivity index (χ1n) is 6.54. The normalized spacial score (nSPS) is 26.9. The third-order valence-corrected chi connectivity index (χ3v) is 4.63. The van der Waals surface area contributed by atoms with E-state index in [-0.39, 0.29) is 5.91 Å². The van der Waals surface area contributed by atoms with Crippen LogP contribution in [0.25, 0.3) is 0 Å². The second kappa shape index (κ2) is 5.57. The first-order chi connectivity index (χ1) is 8.22. The summed E-state index contributed by atoms with van der Waals surface area (Å²) in [6, 6.07) is 0. The Kier molecular flexibility index (Phi) is 4.31. The summed E-state index contributed by atoms with van der Waals surface area (Å²) < 4.78 is 5.34. The molecule has 2 rings (SSSR count). The minimum atomic E-state index is 0.213. The van der Waals surface area contributed by atoms with Crippen LogP contribution in [0, 0.1) is 11.3 Å². The second-order valence-electron chi connectivity index (χ2n) is 5.43. The molecule has 1 heterocycles. The van der Waals surface area contributed by atoms with Crippen molar-refractivity contribution in [3.8, 4) is 0 Å². The lowest BCUT2D eigenvalue weighted by atomic mass is 9.77. The van der Waals surface area contributed by atoms with Gasteiger partial charge in [0.25, 0.3) is 0 Å². The van der Waals surface area contributed by atoms with Crippen LogP contribution in [-0.4, -0.2) is 43.5 Å². The van der Waals surface area contributed by atoms with Crippen molar-refractivity contribution in [2.24, 2.45) is 11.3 Å². The fourth-order valence-corrected chi connectivity index (χ4v) is 3.70. The van der Waals surface area contributed by atoms with E-state index in [2.05, 4.69) is 0 Å². The maximum atomic E-state index is 11.9. The summed E-state index contributed by atoms with van der Waals surface area (Å²) in [5.41, 5.74) is 0.345. The topological polar surface area (TPSA) is 29.5 Å². The molecule has 2 aliphatic rings. The van der Waals surface area contributed by atoms with Crippen molar-refractivity contribution in [3.05, 3.63) is 0 Å². The highest BCUT2D eigenvalue weighted by Gasteiger charge is 2.48. The predicted molar refractivity (Wildman–Crippen MR) is 68.2 cm³/mol. The zero-order valence-corrected chi connectivity index (χ0v) is 11.3. The van der Waals surface area contributed by atoms with Gasteiger partial charge in [0.1, 0.15) is 0 Å². The lowest BCUT2D eigenvalue weighted by molar-refractivity contribution is -0.130. The van der Waals surface area contributed by atoms with Crippen LogP contribution in [0.5, 0.6) is 0 Å². The lowest BCUT2D eigenvalue weighted by Crippen LogP contribution is -2.31. The van der Waals surface area contributed by atoms with Crippen LogP contribution >= 0.6 is 11.6 Å². The number of rotatable bonds is 4. The first kappa shape index (κ1) is 13.2. The Morgan fingerprint density at radius 3 is 2.76 bits per heavy atom. The van der Waals surface area contributed by atoms with Crippen molar-refractivity contribution in [1.82, 2.24) is 4.90 Å². The molecule has 1 saturated heterocycles. The number of hydrogen-bond donors (Lipinski definition) is 0. The van der Waals surface area contributed by atoms with E-state index >= 15 is 0 Å².